The van der Waals surface area contributed by atoms with Gasteiger partial charge in [-0.3, -0.25) is 0 Å². The van der Waals surface area contributed by atoms with Gasteiger partial charge >= 0.3 is 0 Å². The lowest BCUT2D eigenvalue weighted by Crippen LogP contribution is -2.11. The van der Waals surface area contributed by atoms with Crippen molar-refractivity contribution in [1.29, 1.82) is 0 Å². The van der Waals surface area contributed by atoms with E-state index >= 15 is 0 Å². The zero-order valence-electron chi connectivity index (χ0n) is 11.4. The maximum Gasteiger partial charge on any atom is 0.0640 e. The number of halogens is 3. The number of nitrogens with one attached hydrogen (secondary N) is 1. The van der Waals surface area contributed by atoms with Crippen LogP contribution in [0.4, 0.5) is 5.69 Å². The molecule has 0 radical (unpaired) electrons. The highest BCUT2D eigenvalue weighted by Gasteiger charge is 2.15. The number of aryl methyl sites for hydroxylation is 1. The summed E-state index contributed by atoms with van der Waals surface area (Å²) in [5.74, 6) is 0. The molecule has 1 nitrogen and oxygen atoms in total. The third-order valence-electron chi connectivity index (χ3n) is 3.29. The summed E-state index contributed by atoms with van der Waals surface area (Å²) in [5.41, 5.74) is 3.09. The van der Waals surface area contributed by atoms with Gasteiger partial charge in [-0.1, -0.05) is 59.9 Å². The summed E-state index contributed by atoms with van der Waals surface area (Å²) in [6.45, 7) is 4.14. The molecule has 0 fully saturated rings. The van der Waals surface area contributed by atoms with Crippen molar-refractivity contribution < 1.29 is 0 Å². The molecule has 0 amide bonds. The van der Waals surface area contributed by atoms with Crippen LogP contribution in [-0.4, -0.2) is 0 Å². The van der Waals surface area contributed by atoms with E-state index in [0.29, 0.717) is 15.1 Å². The highest BCUT2D eigenvalue weighted by atomic mass is 35.5. The summed E-state index contributed by atoms with van der Waals surface area (Å²) >= 11 is 18.5. The Kier molecular flexibility index (Phi) is 5.20. The second kappa shape index (κ2) is 6.71. The van der Waals surface area contributed by atoms with Crippen LogP contribution in [0.1, 0.15) is 30.5 Å². The highest BCUT2D eigenvalue weighted by molar-refractivity contribution is 6.35. The van der Waals surface area contributed by atoms with E-state index in [9.17, 15) is 0 Å². The lowest BCUT2D eigenvalue weighted by atomic mass is 10.0. The van der Waals surface area contributed by atoms with Gasteiger partial charge in [-0.15, -0.1) is 0 Å². The van der Waals surface area contributed by atoms with Crippen LogP contribution in [0.5, 0.6) is 0 Å². The van der Waals surface area contributed by atoms with Gasteiger partial charge in [-0.2, -0.15) is 0 Å². The van der Waals surface area contributed by atoms with Crippen LogP contribution in [0.2, 0.25) is 15.1 Å². The van der Waals surface area contributed by atoms with Gasteiger partial charge in [0.2, 0.25) is 0 Å². The second-order valence-corrected chi connectivity index (χ2v) is 5.95. The molecule has 0 aromatic heterocycles. The zero-order valence-corrected chi connectivity index (χ0v) is 13.7. The number of hydrogen-bond donors (Lipinski definition) is 1. The predicted octanol–water partition coefficient (Wildman–Crippen LogP) is 6.52. The minimum absolute atomic E-state index is 0.0957. The normalized spacial score (nSPS) is 12.2. The van der Waals surface area contributed by atoms with Crippen molar-refractivity contribution in [2.24, 2.45) is 0 Å². The van der Waals surface area contributed by atoms with Gasteiger partial charge in [0, 0.05) is 10.0 Å². The first-order valence-corrected chi connectivity index (χ1v) is 7.63. The summed E-state index contributed by atoms with van der Waals surface area (Å²) in [6, 6.07) is 11.5. The average molecular weight is 329 g/mol. The van der Waals surface area contributed by atoms with Gasteiger partial charge in [0.1, 0.15) is 0 Å². The first-order chi connectivity index (χ1) is 9.52. The molecule has 0 aliphatic rings. The molecule has 1 N–H and O–H groups in total. The van der Waals surface area contributed by atoms with Crippen LogP contribution in [0.3, 0.4) is 0 Å². The van der Waals surface area contributed by atoms with Gasteiger partial charge in [0.25, 0.3) is 0 Å². The van der Waals surface area contributed by atoms with E-state index in [1.54, 1.807) is 6.07 Å². The Balaban J connectivity index is 2.34. The van der Waals surface area contributed by atoms with E-state index in [1.807, 2.05) is 37.3 Å². The fourth-order valence-corrected chi connectivity index (χ4v) is 2.99. The molecule has 1 atom stereocenters. The van der Waals surface area contributed by atoms with Crippen LogP contribution in [0.15, 0.2) is 36.4 Å². The monoisotopic (exact) mass is 327 g/mol. The zero-order chi connectivity index (χ0) is 14.7. The quantitative estimate of drug-likeness (QED) is 0.673. The Morgan fingerprint density at radius 1 is 1.05 bits per heavy atom. The Bertz CT molecular complexity index is 590. The third-order valence-corrected chi connectivity index (χ3v) is 4.16. The standard InChI is InChI=1S/C16H16Cl3N/c1-3-15(12-8-7-11(17)9-14(12)19)20-16-10(2)5-4-6-13(16)18/h4-9,15,20H,3H2,1-2H3. The second-order valence-electron chi connectivity index (χ2n) is 4.70. The lowest BCUT2D eigenvalue weighted by molar-refractivity contribution is 0.749. The summed E-state index contributed by atoms with van der Waals surface area (Å²) in [4.78, 5) is 0. The Hall–Kier alpha value is -0.890. The molecule has 0 saturated heterocycles. The number of para-hydroxylation sites is 1. The minimum atomic E-state index is 0.0957. The molecule has 0 aliphatic carbocycles. The fourth-order valence-electron chi connectivity index (χ4n) is 2.17. The SMILES string of the molecule is CCC(Nc1c(C)cccc1Cl)c1ccc(Cl)cc1Cl. The van der Waals surface area contributed by atoms with Crippen molar-refractivity contribution in [2.45, 2.75) is 26.3 Å². The molecular formula is C16H16Cl3N. The molecule has 0 aliphatic heterocycles. The average Bonchev–Trinajstić information content (AvgIpc) is 2.40. The van der Waals surface area contributed by atoms with Gasteiger partial charge in [-0.05, 0) is 42.7 Å². The van der Waals surface area contributed by atoms with Crippen molar-refractivity contribution in [2.75, 3.05) is 5.32 Å². The topological polar surface area (TPSA) is 12.0 Å². The number of anilines is 1. The number of benzene rings is 2. The fraction of sp³-hybridized carbons (Fsp3) is 0.250. The highest BCUT2D eigenvalue weighted by Crippen LogP contribution is 2.34. The molecular weight excluding hydrogens is 313 g/mol. The van der Waals surface area contributed by atoms with E-state index in [1.165, 1.54) is 0 Å². The first kappa shape index (κ1) is 15.5. The van der Waals surface area contributed by atoms with E-state index in [0.717, 1.165) is 23.2 Å². The molecule has 2 aromatic carbocycles. The largest absolute Gasteiger partial charge is 0.377 e. The minimum Gasteiger partial charge on any atom is -0.377 e. The van der Waals surface area contributed by atoms with E-state index in [-0.39, 0.29) is 6.04 Å². The molecule has 0 heterocycles. The van der Waals surface area contributed by atoms with Crippen LogP contribution in [0.25, 0.3) is 0 Å². The Labute approximate surface area is 134 Å². The Morgan fingerprint density at radius 3 is 2.40 bits per heavy atom. The molecule has 0 bridgehead atoms. The lowest BCUT2D eigenvalue weighted by Gasteiger charge is -2.22. The molecule has 1 unspecified atom stereocenters. The van der Waals surface area contributed by atoms with Crippen LogP contribution < -0.4 is 5.32 Å². The molecule has 0 saturated carbocycles. The summed E-state index contributed by atoms with van der Waals surface area (Å²) < 4.78 is 0. The number of rotatable bonds is 4. The Morgan fingerprint density at radius 2 is 1.80 bits per heavy atom. The third kappa shape index (κ3) is 3.41. The van der Waals surface area contributed by atoms with Crippen LogP contribution in [0, 0.1) is 6.92 Å². The predicted molar refractivity (Wildman–Crippen MR) is 89.3 cm³/mol. The summed E-state index contributed by atoms with van der Waals surface area (Å²) in [7, 11) is 0. The van der Waals surface area contributed by atoms with Crippen molar-refractivity contribution >= 4 is 40.5 Å². The van der Waals surface area contributed by atoms with E-state index < -0.39 is 0 Å². The maximum absolute atomic E-state index is 6.29. The van der Waals surface area contributed by atoms with Crippen molar-refractivity contribution in [3.05, 3.63) is 62.6 Å². The smallest absolute Gasteiger partial charge is 0.0640 e. The van der Waals surface area contributed by atoms with Gasteiger partial charge in [0.05, 0.1) is 16.8 Å². The first-order valence-electron chi connectivity index (χ1n) is 6.49. The molecule has 106 valence electrons. The van der Waals surface area contributed by atoms with Gasteiger partial charge in [-0.25, -0.2) is 0 Å². The molecule has 4 heteroatoms. The van der Waals surface area contributed by atoms with Crippen LogP contribution >= 0.6 is 34.8 Å². The summed E-state index contributed by atoms with van der Waals surface area (Å²) in [5, 5.41) is 5.51. The van der Waals surface area contributed by atoms with Crippen molar-refractivity contribution in [1.82, 2.24) is 0 Å². The van der Waals surface area contributed by atoms with Gasteiger partial charge < -0.3 is 5.32 Å². The molecule has 20 heavy (non-hydrogen) atoms. The van der Waals surface area contributed by atoms with Crippen LogP contribution in [-0.2, 0) is 0 Å². The van der Waals surface area contributed by atoms with Crippen molar-refractivity contribution in [3.63, 3.8) is 0 Å². The maximum atomic E-state index is 6.29. The van der Waals surface area contributed by atoms with Gasteiger partial charge in [0.15, 0.2) is 0 Å². The van der Waals surface area contributed by atoms with E-state index in [2.05, 4.69) is 12.2 Å². The molecule has 2 aromatic rings. The van der Waals surface area contributed by atoms with E-state index in [4.69, 9.17) is 34.8 Å². The van der Waals surface area contributed by atoms with Crippen molar-refractivity contribution in [3.8, 4) is 0 Å². The number of hydrogen-bond acceptors (Lipinski definition) is 1. The molecule has 0 spiro atoms. The summed E-state index contributed by atoms with van der Waals surface area (Å²) in [6.07, 6.45) is 0.895. The molecule has 2 rings (SSSR count).